The molecule has 4 rings (SSSR count). The highest BCUT2D eigenvalue weighted by molar-refractivity contribution is 7.99. The molecule has 1 amide bonds. The topological polar surface area (TPSA) is 64.0 Å². The summed E-state index contributed by atoms with van der Waals surface area (Å²) in [7, 11) is 0. The van der Waals surface area contributed by atoms with Gasteiger partial charge in [-0.25, -0.2) is 4.98 Å². The monoisotopic (exact) mass is 447 g/mol. The molecule has 8 heteroatoms. The number of carbonyl (C=O) groups excluding carboxylic acids is 1. The molecule has 0 atom stereocenters. The van der Waals surface area contributed by atoms with Crippen LogP contribution in [0.25, 0.3) is 10.9 Å². The quantitative estimate of drug-likeness (QED) is 0.411. The Morgan fingerprint density at radius 1 is 1.17 bits per heavy atom. The number of aromatic nitrogens is 2. The number of fused-ring (bicyclic) bond motifs is 1. The summed E-state index contributed by atoms with van der Waals surface area (Å²) in [6, 6.07) is 12.4. The van der Waals surface area contributed by atoms with Crippen LogP contribution in [-0.4, -0.2) is 21.2 Å². The maximum atomic E-state index is 13.1. The highest BCUT2D eigenvalue weighted by Crippen LogP contribution is 2.32. The summed E-state index contributed by atoms with van der Waals surface area (Å²) < 4.78 is 1.78. The first kappa shape index (κ1) is 20.3. The maximum absolute atomic E-state index is 13.1. The van der Waals surface area contributed by atoms with E-state index in [1.54, 1.807) is 28.8 Å². The van der Waals surface area contributed by atoms with Crippen LogP contribution >= 0.6 is 35.0 Å². The molecule has 0 unspecified atom stereocenters. The van der Waals surface area contributed by atoms with Crippen molar-refractivity contribution in [2.75, 3.05) is 11.1 Å². The number of hydrogen-bond acceptors (Lipinski definition) is 4. The molecule has 0 radical (unpaired) electrons. The van der Waals surface area contributed by atoms with E-state index in [1.807, 2.05) is 18.2 Å². The average molecular weight is 448 g/mol. The number of rotatable bonds is 5. The predicted octanol–water partition coefficient (Wildman–Crippen LogP) is 5.55. The molecule has 1 saturated carbocycles. The summed E-state index contributed by atoms with van der Waals surface area (Å²) in [4.78, 5) is 30.3. The number of hydrogen-bond donors (Lipinski definition) is 1. The van der Waals surface area contributed by atoms with Gasteiger partial charge in [-0.05, 0) is 43.2 Å². The van der Waals surface area contributed by atoms with Crippen LogP contribution in [0, 0.1) is 0 Å². The number of benzene rings is 2. The van der Waals surface area contributed by atoms with Crippen molar-refractivity contribution in [1.29, 1.82) is 0 Å². The molecule has 3 aromatic rings. The Kier molecular flexibility index (Phi) is 6.13. The second kappa shape index (κ2) is 8.78. The Bertz CT molecular complexity index is 1130. The van der Waals surface area contributed by atoms with Crippen molar-refractivity contribution in [3.63, 3.8) is 0 Å². The molecule has 5 nitrogen and oxygen atoms in total. The Balaban J connectivity index is 1.59. The van der Waals surface area contributed by atoms with E-state index in [0.29, 0.717) is 31.8 Å². The van der Waals surface area contributed by atoms with Crippen molar-refractivity contribution in [3.8, 4) is 0 Å². The molecule has 0 saturated heterocycles. The fourth-order valence-electron chi connectivity index (χ4n) is 3.62. The molecule has 0 bridgehead atoms. The van der Waals surface area contributed by atoms with Crippen molar-refractivity contribution in [1.82, 2.24) is 9.55 Å². The van der Waals surface area contributed by atoms with Gasteiger partial charge in [0.1, 0.15) is 0 Å². The van der Waals surface area contributed by atoms with E-state index in [2.05, 4.69) is 5.32 Å². The van der Waals surface area contributed by atoms with Gasteiger partial charge in [0.05, 0.1) is 27.4 Å². The van der Waals surface area contributed by atoms with Gasteiger partial charge >= 0.3 is 0 Å². The van der Waals surface area contributed by atoms with Gasteiger partial charge in [0.2, 0.25) is 5.91 Å². The molecular formula is C21H19Cl2N3O2S. The molecular weight excluding hydrogens is 429 g/mol. The summed E-state index contributed by atoms with van der Waals surface area (Å²) >= 11 is 13.3. The van der Waals surface area contributed by atoms with Crippen LogP contribution in [0.5, 0.6) is 0 Å². The standard InChI is InChI=1S/C21H19Cl2N3O2S/c22-13-9-10-18(16(23)11-13)24-19(27)12-29-21-25-17-8-4-3-7-15(17)20(28)26(21)14-5-1-2-6-14/h3-4,7-11,14H,1-2,5-6,12H2,(H,24,27). The highest BCUT2D eigenvalue weighted by Gasteiger charge is 2.23. The lowest BCUT2D eigenvalue weighted by Crippen LogP contribution is -2.27. The van der Waals surface area contributed by atoms with E-state index in [-0.39, 0.29) is 23.3 Å². The van der Waals surface area contributed by atoms with E-state index in [9.17, 15) is 9.59 Å². The molecule has 1 aliphatic carbocycles. The summed E-state index contributed by atoms with van der Waals surface area (Å²) in [5.41, 5.74) is 1.11. The molecule has 1 aromatic heterocycles. The number of carbonyl (C=O) groups is 1. The Hall–Kier alpha value is -2.02. The van der Waals surface area contributed by atoms with Gasteiger partial charge in [-0.15, -0.1) is 0 Å². The number of nitrogens with one attached hydrogen (secondary N) is 1. The first-order chi connectivity index (χ1) is 14.0. The van der Waals surface area contributed by atoms with Gasteiger partial charge in [-0.2, -0.15) is 0 Å². The van der Waals surface area contributed by atoms with Gasteiger partial charge in [0, 0.05) is 11.1 Å². The smallest absolute Gasteiger partial charge is 0.262 e. The minimum absolute atomic E-state index is 0.0360. The molecule has 2 aromatic carbocycles. The third-order valence-corrected chi connectivity index (χ3v) is 6.50. The van der Waals surface area contributed by atoms with Crippen molar-refractivity contribution in [2.24, 2.45) is 0 Å². The zero-order valence-corrected chi connectivity index (χ0v) is 17.9. The normalized spacial score (nSPS) is 14.4. The van der Waals surface area contributed by atoms with E-state index in [4.69, 9.17) is 28.2 Å². The largest absolute Gasteiger partial charge is 0.324 e. The summed E-state index contributed by atoms with van der Waals surface area (Å²) in [6.45, 7) is 0. The lowest BCUT2D eigenvalue weighted by atomic mass is 10.2. The zero-order chi connectivity index (χ0) is 20.4. The maximum Gasteiger partial charge on any atom is 0.262 e. The van der Waals surface area contributed by atoms with Gasteiger partial charge < -0.3 is 5.32 Å². The van der Waals surface area contributed by atoms with Gasteiger partial charge in [-0.3, -0.25) is 14.2 Å². The molecule has 0 aliphatic heterocycles. The summed E-state index contributed by atoms with van der Waals surface area (Å²) in [6.07, 6.45) is 4.12. The van der Waals surface area contributed by atoms with Crippen LogP contribution in [0.4, 0.5) is 5.69 Å². The fourth-order valence-corrected chi connectivity index (χ4v) is 4.94. The van der Waals surface area contributed by atoms with Gasteiger partial charge in [0.25, 0.3) is 5.56 Å². The molecule has 1 fully saturated rings. The molecule has 29 heavy (non-hydrogen) atoms. The van der Waals surface area contributed by atoms with E-state index in [0.717, 1.165) is 25.7 Å². The molecule has 0 spiro atoms. The minimum atomic E-state index is -0.223. The number of thioether (sulfide) groups is 1. The molecule has 1 aliphatic rings. The Morgan fingerprint density at radius 2 is 1.93 bits per heavy atom. The van der Waals surface area contributed by atoms with E-state index >= 15 is 0 Å². The second-order valence-corrected chi connectivity index (χ2v) is 8.77. The Morgan fingerprint density at radius 3 is 2.69 bits per heavy atom. The Labute approximate surface area is 182 Å². The van der Waals surface area contributed by atoms with E-state index in [1.165, 1.54) is 11.8 Å². The van der Waals surface area contributed by atoms with Crippen molar-refractivity contribution in [2.45, 2.75) is 36.9 Å². The van der Waals surface area contributed by atoms with Crippen LogP contribution in [-0.2, 0) is 4.79 Å². The summed E-state index contributed by atoms with van der Waals surface area (Å²) in [5, 5.41) is 4.86. The summed E-state index contributed by atoms with van der Waals surface area (Å²) in [5.74, 6) is -0.101. The lowest BCUT2D eigenvalue weighted by molar-refractivity contribution is -0.113. The molecule has 1 heterocycles. The third kappa shape index (κ3) is 4.44. The van der Waals surface area contributed by atoms with Crippen molar-refractivity contribution in [3.05, 3.63) is 62.9 Å². The second-order valence-electron chi connectivity index (χ2n) is 6.99. The van der Waals surface area contributed by atoms with Crippen LogP contribution in [0.3, 0.4) is 0 Å². The van der Waals surface area contributed by atoms with E-state index < -0.39 is 0 Å². The van der Waals surface area contributed by atoms with Crippen LogP contribution in [0.2, 0.25) is 10.0 Å². The zero-order valence-electron chi connectivity index (χ0n) is 15.5. The minimum Gasteiger partial charge on any atom is -0.324 e. The number of anilines is 1. The van der Waals surface area contributed by atoms with Crippen LogP contribution < -0.4 is 10.9 Å². The lowest BCUT2D eigenvalue weighted by Gasteiger charge is -2.18. The van der Waals surface area contributed by atoms with Gasteiger partial charge in [0.15, 0.2) is 5.16 Å². The SMILES string of the molecule is O=C(CSc1nc2ccccc2c(=O)n1C1CCCC1)Nc1ccc(Cl)cc1Cl. The van der Waals surface area contributed by atoms with Gasteiger partial charge in [-0.1, -0.05) is 59.9 Å². The van der Waals surface area contributed by atoms with Crippen LogP contribution in [0.1, 0.15) is 31.7 Å². The van der Waals surface area contributed by atoms with Crippen molar-refractivity contribution >= 4 is 57.5 Å². The predicted molar refractivity (Wildman–Crippen MR) is 119 cm³/mol. The highest BCUT2D eigenvalue weighted by atomic mass is 35.5. The number of halogens is 2. The number of nitrogens with zero attached hydrogens (tertiary/aromatic N) is 2. The third-order valence-electron chi connectivity index (χ3n) is 5.00. The van der Waals surface area contributed by atoms with Crippen LogP contribution in [0.15, 0.2) is 52.4 Å². The number of para-hydroxylation sites is 1. The molecule has 1 N–H and O–H groups in total. The first-order valence-corrected chi connectivity index (χ1v) is 11.2. The average Bonchev–Trinajstić information content (AvgIpc) is 3.23. The fraction of sp³-hybridized carbons (Fsp3) is 0.286. The molecule has 150 valence electrons. The first-order valence-electron chi connectivity index (χ1n) is 9.42. The number of amides is 1. The van der Waals surface area contributed by atoms with Crippen molar-refractivity contribution < 1.29 is 4.79 Å².